The molecular weight excluding hydrogens is 385 g/mol. The molecule has 0 aliphatic carbocycles. The van der Waals surface area contributed by atoms with Crippen molar-refractivity contribution < 1.29 is 0 Å². The van der Waals surface area contributed by atoms with E-state index in [-0.39, 0.29) is 0 Å². The molecule has 116 valence electrons. The Bertz CT molecular complexity index is 664. The summed E-state index contributed by atoms with van der Waals surface area (Å²) in [6.07, 6.45) is 5.89. The Labute approximate surface area is 146 Å². The number of piperidine rings is 1. The van der Waals surface area contributed by atoms with E-state index in [0.717, 1.165) is 13.1 Å². The van der Waals surface area contributed by atoms with Gasteiger partial charge < -0.3 is 4.57 Å². The van der Waals surface area contributed by atoms with Gasteiger partial charge in [0.2, 0.25) is 0 Å². The van der Waals surface area contributed by atoms with Crippen molar-refractivity contribution in [3.05, 3.63) is 50.9 Å². The summed E-state index contributed by atoms with van der Waals surface area (Å²) in [5.41, 5.74) is 4.92. The van der Waals surface area contributed by atoms with Crippen LogP contribution in [0, 0.1) is 17.4 Å². The molecule has 1 aromatic carbocycles. The van der Waals surface area contributed by atoms with Crippen LogP contribution in [0.2, 0.25) is 0 Å². The average molecular weight is 407 g/mol. The summed E-state index contributed by atoms with van der Waals surface area (Å²) >= 11 is 2.34. The second kappa shape index (κ2) is 6.86. The fraction of sp³-hybridized carbons (Fsp3) is 0.389. The summed E-state index contributed by atoms with van der Waals surface area (Å²) in [7, 11) is 0. The lowest BCUT2D eigenvalue weighted by Crippen LogP contribution is -2.24. The van der Waals surface area contributed by atoms with Crippen molar-refractivity contribution in [3.8, 4) is 5.69 Å². The number of aryl methyl sites for hydroxylation is 1. The van der Waals surface area contributed by atoms with Crippen LogP contribution in [0.3, 0.4) is 0 Å². The van der Waals surface area contributed by atoms with Gasteiger partial charge in [0.15, 0.2) is 0 Å². The normalized spacial score (nSPS) is 15.7. The summed E-state index contributed by atoms with van der Waals surface area (Å²) < 4.78 is 3.56. The van der Waals surface area contributed by atoms with E-state index in [0.29, 0.717) is 0 Å². The molecule has 0 saturated carbocycles. The molecule has 1 fully saturated rings. The molecule has 1 aliphatic rings. The largest absolute Gasteiger partial charge is 0.318 e. The molecule has 3 nitrogen and oxygen atoms in total. The quantitative estimate of drug-likeness (QED) is 0.542. The summed E-state index contributed by atoms with van der Waals surface area (Å²) in [6, 6.07) is 10.9. The fourth-order valence-electron chi connectivity index (χ4n) is 3.04. The molecule has 1 saturated heterocycles. The van der Waals surface area contributed by atoms with Crippen LogP contribution in [0.1, 0.15) is 36.2 Å². The zero-order valence-corrected chi connectivity index (χ0v) is 15.4. The number of nitrogens with zero attached hydrogens (tertiary/aromatic N) is 3. The first-order valence-electron chi connectivity index (χ1n) is 7.89. The van der Waals surface area contributed by atoms with Crippen LogP contribution in [0.25, 0.3) is 5.69 Å². The Hall–Kier alpha value is -1.30. The van der Waals surface area contributed by atoms with Gasteiger partial charge in [-0.2, -0.15) is 5.10 Å². The number of benzene rings is 1. The molecule has 2 aromatic rings. The third-order valence-electron chi connectivity index (χ3n) is 4.25. The van der Waals surface area contributed by atoms with Crippen LogP contribution in [-0.2, 0) is 0 Å². The first-order chi connectivity index (χ1) is 10.6. The molecular formula is C18H22IN3. The van der Waals surface area contributed by atoms with Crippen molar-refractivity contribution in [2.45, 2.75) is 33.1 Å². The van der Waals surface area contributed by atoms with Crippen molar-refractivity contribution in [3.63, 3.8) is 0 Å². The van der Waals surface area contributed by atoms with Crippen molar-refractivity contribution in [1.82, 2.24) is 9.58 Å². The number of hydrogen-bond donors (Lipinski definition) is 0. The molecule has 0 spiro atoms. The lowest BCUT2D eigenvalue weighted by molar-refractivity contribution is 0.240. The van der Waals surface area contributed by atoms with Gasteiger partial charge in [-0.05, 0) is 86.0 Å². The molecule has 4 heteroatoms. The standard InChI is InChI=1S/C18H22IN3/c1-14-12-16(13-20-21-10-4-3-5-11-21)15(2)22(14)18-8-6-17(19)7-9-18/h6-9,12-13H,3-5,10-11H2,1-2H3/b20-13+. The highest BCUT2D eigenvalue weighted by atomic mass is 127. The summed E-state index contributed by atoms with van der Waals surface area (Å²) in [5.74, 6) is 0. The van der Waals surface area contributed by atoms with Crippen LogP contribution >= 0.6 is 22.6 Å². The van der Waals surface area contributed by atoms with Gasteiger partial charge in [-0.15, -0.1) is 0 Å². The third kappa shape index (κ3) is 3.37. The van der Waals surface area contributed by atoms with E-state index in [4.69, 9.17) is 0 Å². The minimum absolute atomic E-state index is 1.09. The average Bonchev–Trinajstić information content (AvgIpc) is 2.82. The molecule has 0 radical (unpaired) electrons. The molecule has 0 amide bonds. The minimum atomic E-state index is 1.09. The van der Waals surface area contributed by atoms with Crippen LogP contribution < -0.4 is 0 Å². The van der Waals surface area contributed by atoms with Crippen LogP contribution in [0.4, 0.5) is 0 Å². The second-order valence-electron chi connectivity index (χ2n) is 5.90. The Morgan fingerprint density at radius 3 is 2.41 bits per heavy atom. The predicted molar refractivity (Wildman–Crippen MR) is 101 cm³/mol. The van der Waals surface area contributed by atoms with Gasteiger partial charge in [-0.1, -0.05) is 0 Å². The molecule has 0 atom stereocenters. The monoisotopic (exact) mass is 407 g/mol. The maximum absolute atomic E-state index is 4.67. The highest BCUT2D eigenvalue weighted by molar-refractivity contribution is 14.1. The predicted octanol–water partition coefficient (Wildman–Crippen LogP) is 4.52. The van der Waals surface area contributed by atoms with E-state index in [1.54, 1.807) is 0 Å². The first kappa shape index (κ1) is 15.6. The number of aromatic nitrogens is 1. The SMILES string of the molecule is Cc1cc(/C=N/N2CCCCC2)c(C)n1-c1ccc(I)cc1. The Kier molecular flexibility index (Phi) is 4.86. The molecule has 2 heterocycles. The van der Waals surface area contributed by atoms with E-state index in [1.165, 1.54) is 45.5 Å². The van der Waals surface area contributed by atoms with Gasteiger partial charge in [0.05, 0.1) is 6.21 Å². The number of halogens is 1. The van der Waals surface area contributed by atoms with Crippen molar-refractivity contribution in [1.29, 1.82) is 0 Å². The lowest BCUT2D eigenvalue weighted by Gasteiger charge is -2.23. The molecule has 1 aromatic heterocycles. The van der Waals surface area contributed by atoms with Gasteiger partial charge in [-0.25, -0.2) is 0 Å². The Morgan fingerprint density at radius 2 is 1.73 bits per heavy atom. The fourth-order valence-corrected chi connectivity index (χ4v) is 3.40. The topological polar surface area (TPSA) is 20.5 Å². The molecule has 0 bridgehead atoms. The van der Waals surface area contributed by atoms with Crippen molar-refractivity contribution >= 4 is 28.8 Å². The lowest BCUT2D eigenvalue weighted by atomic mass is 10.2. The highest BCUT2D eigenvalue weighted by Crippen LogP contribution is 2.21. The maximum atomic E-state index is 4.67. The van der Waals surface area contributed by atoms with Gasteiger partial charge in [-0.3, -0.25) is 5.01 Å². The van der Waals surface area contributed by atoms with Crippen molar-refractivity contribution in [2.24, 2.45) is 5.10 Å². The van der Waals surface area contributed by atoms with Gasteiger partial charge >= 0.3 is 0 Å². The molecule has 22 heavy (non-hydrogen) atoms. The third-order valence-corrected chi connectivity index (χ3v) is 4.97. The Balaban J connectivity index is 1.86. The number of rotatable bonds is 3. The molecule has 0 unspecified atom stereocenters. The van der Waals surface area contributed by atoms with Crippen LogP contribution in [0.5, 0.6) is 0 Å². The van der Waals surface area contributed by atoms with E-state index < -0.39 is 0 Å². The molecule has 0 N–H and O–H groups in total. The minimum Gasteiger partial charge on any atom is -0.318 e. The van der Waals surface area contributed by atoms with Crippen molar-refractivity contribution in [2.75, 3.05) is 13.1 Å². The highest BCUT2D eigenvalue weighted by Gasteiger charge is 2.11. The zero-order valence-electron chi connectivity index (χ0n) is 13.2. The summed E-state index contributed by atoms with van der Waals surface area (Å²) in [5, 5.41) is 6.87. The van der Waals surface area contributed by atoms with Crippen LogP contribution in [-0.4, -0.2) is 28.9 Å². The Morgan fingerprint density at radius 1 is 1.05 bits per heavy atom. The second-order valence-corrected chi connectivity index (χ2v) is 7.14. The van der Waals surface area contributed by atoms with E-state index in [2.05, 4.69) is 81.4 Å². The smallest absolute Gasteiger partial charge is 0.0561 e. The summed E-state index contributed by atoms with van der Waals surface area (Å²) in [4.78, 5) is 0. The molecule has 1 aliphatic heterocycles. The van der Waals surface area contributed by atoms with E-state index >= 15 is 0 Å². The van der Waals surface area contributed by atoms with Crippen LogP contribution in [0.15, 0.2) is 35.4 Å². The molecule has 3 rings (SSSR count). The maximum Gasteiger partial charge on any atom is 0.0561 e. The van der Waals surface area contributed by atoms with Gasteiger partial charge in [0, 0.05) is 39.3 Å². The van der Waals surface area contributed by atoms with Gasteiger partial charge in [0.25, 0.3) is 0 Å². The zero-order chi connectivity index (χ0) is 15.5. The van der Waals surface area contributed by atoms with Gasteiger partial charge in [0.1, 0.15) is 0 Å². The van der Waals surface area contributed by atoms with E-state index in [9.17, 15) is 0 Å². The van der Waals surface area contributed by atoms with E-state index in [1.807, 2.05) is 6.21 Å². The number of hydrazone groups is 1. The number of hydrogen-bond acceptors (Lipinski definition) is 2. The first-order valence-corrected chi connectivity index (χ1v) is 8.97. The summed E-state index contributed by atoms with van der Waals surface area (Å²) in [6.45, 7) is 6.50.